The summed E-state index contributed by atoms with van der Waals surface area (Å²) >= 11 is 0. The molecule has 1 atom stereocenters. The van der Waals surface area contributed by atoms with E-state index in [9.17, 15) is 4.79 Å². The summed E-state index contributed by atoms with van der Waals surface area (Å²) in [6.07, 6.45) is 2.88. The highest BCUT2D eigenvalue weighted by Gasteiger charge is 2.30. The minimum absolute atomic E-state index is 0.260. The minimum Gasteiger partial charge on any atom is -0.493 e. The number of nitrogens with two attached hydrogens (primary N) is 1. The topological polar surface area (TPSA) is 55.6 Å². The van der Waals surface area contributed by atoms with Gasteiger partial charge >= 0.3 is 0 Å². The number of nitrogens with zero attached hydrogens (tertiary/aromatic N) is 1. The van der Waals surface area contributed by atoms with Gasteiger partial charge in [-0.05, 0) is 41.2 Å². The zero-order valence-corrected chi connectivity index (χ0v) is 13.7. The van der Waals surface area contributed by atoms with Crippen LogP contribution in [0.2, 0.25) is 0 Å². The van der Waals surface area contributed by atoms with Crippen LogP contribution >= 0.6 is 0 Å². The van der Waals surface area contributed by atoms with E-state index in [2.05, 4.69) is 29.2 Å². The van der Waals surface area contributed by atoms with Crippen LogP contribution in [0.4, 0.5) is 0 Å². The zero-order valence-electron chi connectivity index (χ0n) is 13.7. The largest absolute Gasteiger partial charge is 0.493 e. The molecule has 0 fully saturated rings. The van der Waals surface area contributed by atoms with Crippen molar-refractivity contribution in [2.24, 2.45) is 5.73 Å². The van der Waals surface area contributed by atoms with Crippen LogP contribution in [0, 0.1) is 0 Å². The molecular weight excluding hydrogens is 300 g/mol. The van der Waals surface area contributed by atoms with E-state index in [1.54, 1.807) is 0 Å². The van der Waals surface area contributed by atoms with E-state index in [1.807, 2.05) is 18.2 Å². The summed E-state index contributed by atoms with van der Waals surface area (Å²) in [4.78, 5) is 14.3. The zero-order chi connectivity index (χ0) is 16.5. The van der Waals surface area contributed by atoms with E-state index in [0.29, 0.717) is 0 Å². The summed E-state index contributed by atoms with van der Waals surface area (Å²) in [5, 5.41) is 0. The monoisotopic (exact) mass is 322 g/mol. The number of ether oxygens (including phenoxy) is 1. The maximum atomic E-state index is 12.1. The first kappa shape index (κ1) is 15.2. The van der Waals surface area contributed by atoms with Crippen LogP contribution in [0.1, 0.15) is 28.3 Å². The highest BCUT2D eigenvalue weighted by molar-refractivity contribution is 5.82. The second-order valence-electron chi connectivity index (χ2n) is 6.58. The van der Waals surface area contributed by atoms with Crippen LogP contribution in [0.25, 0.3) is 0 Å². The first-order valence-corrected chi connectivity index (χ1v) is 8.58. The Morgan fingerprint density at radius 3 is 2.92 bits per heavy atom. The summed E-state index contributed by atoms with van der Waals surface area (Å²) in [5.41, 5.74) is 10.6. The Morgan fingerprint density at radius 2 is 2.04 bits per heavy atom. The molecule has 2 aliphatic heterocycles. The number of rotatable bonds is 4. The first-order chi connectivity index (χ1) is 11.7. The van der Waals surface area contributed by atoms with Crippen molar-refractivity contribution >= 4 is 5.91 Å². The Bertz CT molecular complexity index is 772. The van der Waals surface area contributed by atoms with Crippen LogP contribution in [-0.4, -0.2) is 30.5 Å². The molecule has 2 aromatic rings. The fraction of sp³-hybridized carbons (Fsp3) is 0.350. The van der Waals surface area contributed by atoms with Crippen molar-refractivity contribution in [1.82, 2.24) is 4.90 Å². The molecule has 4 heteroatoms. The molecule has 1 amide bonds. The molecule has 0 bridgehead atoms. The number of benzene rings is 2. The molecule has 0 radical (unpaired) electrons. The maximum absolute atomic E-state index is 12.1. The van der Waals surface area contributed by atoms with Gasteiger partial charge in [-0.1, -0.05) is 36.4 Å². The normalized spacial score (nSPS) is 19.4. The molecule has 2 aliphatic rings. The smallest absolute Gasteiger partial charge is 0.239 e. The van der Waals surface area contributed by atoms with Crippen molar-refractivity contribution in [2.75, 3.05) is 19.7 Å². The van der Waals surface area contributed by atoms with Crippen LogP contribution in [0.15, 0.2) is 42.5 Å². The molecule has 0 unspecified atom stereocenters. The predicted molar refractivity (Wildman–Crippen MR) is 93.0 cm³/mol. The Hall–Kier alpha value is -2.33. The summed E-state index contributed by atoms with van der Waals surface area (Å²) in [6, 6.07) is 14.3. The fourth-order valence-corrected chi connectivity index (χ4v) is 3.86. The molecule has 0 spiro atoms. The Kier molecular flexibility index (Phi) is 3.98. The molecular formula is C20H22N2O2. The van der Waals surface area contributed by atoms with E-state index in [-0.39, 0.29) is 11.9 Å². The lowest BCUT2D eigenvalue weighted by molar-refractivity contribution is -0.123. The third kappa shape index (κ3) is 2.78. The summed E-state index contributed by atoms with van der Waals surface area (Å²) in [7, 11) is 0. The molecule has 4 nitrogen and oxygen atoms in total. The number of primary amides is 1. The van der Waals surface area contributed by atoms with Crippen LogP contribution in [0.3, 0.4) is 0 Å². The molecule has 2 aromatic carbocycles. The van der Waals surface area contributed by atoms with Gasteiger partial charge in [0.15, 0.2) is 0 Å². The maximum Gasteiger partial charge on any atom is 0.239 e. The number of carbonyl (C=O) groups excluding carboxylic acids is 1. The van der Waals surface area contributed by atoms with Gasteiger partial charge in [0.05, 0.1) is 6.61 Å². The Morgan fingerprint density at radius 1 is 1.17 bits per heavy atom. The van der Waals surface area contributed by atoms with Gasteiger partial charge in [-0.25, -0.2) is 0 Å². The lowest BCUT2D eigenvalue weighted by Gasteiger charge is -2.35. The average Bonchev–Trinajstić information content (AvgIpc) is 3.06. The van der Waals surface area contributed by atoms with Gasteiger partial charge in [0.25, 0.3) is 0 Å². The third-order valence-corrected chi connectivity index (χ3v) is 5.09. The molecule has 24 heavy (non-hydrogen) atoms. The summed E-state index contributed by atoms with van der Waals surface area (Å²) in [6.45, 7) is 2.49. The molecule has 124 valence electrons. The van der Waals surface area contributed by atoms with Crippen LogP contribution < -0.4 is 10.5 Å². The summed E-state index contributed by atoms with van der Waals surface area (Å²) < 4.78 is 5.56. The van der Waals surface area contributed by atoms with E-state index in [1.165, 1.54) is 16.7 Å². The number of hydrogen-bond donors (Lipinski definition) is 1. The Labute approximate surface area is 142 Å². The molecule has 0 saturated heterocycles. The van der Waals surface area contributed by atoms with Crippen molar-refractivity contribution in [3.8, 4) is 5.75 Å². The summed E-state index contributed by atoms with van der Waals surface area (Å²) in [5.74, 6) is 0.755. The average molecular weight is 322 g/mol. The molecule has 2 N–H and O–H groups in total. The number of fused-ring (bicyclic) bond motifs is 2. The number of amides is 1. The minimum atomic E-state index is -0.312. The van der Waals surface area contributed by atoms with Gasteiger partial charge in [0.2, 0.25) is 5.91 Å². The second kappa shape index (κ2) is 6.29. The van der Waals surface area contributed by atoms with Crippen molar-refractivity contribution in [1.29, 1.82) is 0 Å². The molecule has 4 rings (SSSR count). The third-order valence-electron chi connectivity index (χ3n) is 5.09. The van der Waals surface area contributed by atoms with Gasteiger partial charge in [-0.15, -0.1) is 0 Å². The van der Waals surface area contributed by atoms with Crippen LogP contribution in [0.5, 0.6) is 5.75 Å². The Balaban J connectivity index is 1.51. The standard InChI is InChI=1S/C20H22N2O2/c21-20(23)19-17-4-2-1-3-15(17)8-11-22(19)10-7-14-5-6-18-16(13-14)9-12-24-18/h1-6,13,19H,7-12H2,(H2,21,23)/t19-/m0/s1. The first-order valence-electron chi connectivity index (χ1n) is 8.58. The van der Waals surface area contributed by atoms with Gasteiger partial charge < -0.3 is 10.5 Å². The number of hydrogen-bond acceptors (Lipinski definition) is 3. The van der Waals surface area contributed by atoms with Crippen molar-refractivity contribution in [3.63, 3.8) is 0 Å². The van der Waals surface area contributed by atoms with E-state index >= 15 is 0 Å². The molecule has 0 saturated carbocycles. The number of carbonyl (C=O) groups is 1. The highest BCUT2D eigenvalue weighted by atomic mass is 16.5. The van der Waals surface area contributed by atoms with Gasteiger partial charge in [-0.2, -0.15) is 0 Å². The molecule has 0 aromatic heterocycles. The van der Waals surface area contributed by atoms with Gasteiger partial charge in [0.1, 0.15) is 11.8 Å². The SMILES string of the molecule is NC(=O)[C@@H]1c2ccccc2CCN1CCc1ccc2c(c1)CCO2. The quantitative estimate of drug-likeness (QED) is 0.939. The molecule has 2 heterocycles. The van der Waals surface area contributed by atoms with E-state index in [0.717, 1.165) is 50.3 Å². The molecule has 0 aliphatic carbocycles. The van der Waals surface area contributed by atoms with Crippen LogP contribution in [-0.2, 0) is 24.1 Å². The van der Waals surface area contributed by atoms with Crippen molar-refractivity contribution in [2.45, 2.75) is 25.3 Å². The van der Waals surface area contributed by atoms with E-state index < -0.39 is 0 Å². The highest BCUT2D eigenvalue weighted by Crippen LogP contribution is 2.30. The lowest BCUT2D eigenvalue weighted by Crippen LogP contribution is -2.43. The lowest BCUT2D eigenvalue weighted by atomic mass is 9.92. The van der Waals surface area contributed by atoms with E-state index in [4.69, 9.17) is 10.5 Å². The second-order valence-corrected chi connectivity index (χ2v) is 6.58. The van der Waals surface area contributed by atoms with Gasteiger partial charge in [-0.3, -0.25) is 9.69 Å². The fourth-order valence-electron chi connectivity index (χ4n) is 3.86. The predicted octanol–water partition coefficient (Wildman–Crippen LogP) is 2.25. The van der Waals surface area contributed by atoms with Crippen molar-refractivity contribution < 1.29 is 9.53 Å². The van der Waals surface area contributed by atoms with Gasteiger partial charge in [0, 0.05) is 19.5 Å². The van der Waals surface area contributed by atoms with Crippen molar-refractivity contribution in [3.05, 3.63) is 64.7 Å².